The molecule has 4 aliphatic carbocycles. The summed E-state index contributed by atoms with van der Waals surface area (Å²) in [6, 6.07) is 0. The summed E-state index contributed by atoms with van der Waals surface area (Å²) in [6.07, 6.45) is 6.22. The zero-order valence-electron chi connectivity index (χ0n) is 23.8. The third-order valence-electron chi connectivity index (χ3n) is 11.6. The number of hydrogen-bond acceptors (Lipinski definition) is 5. The van der Waals surface area contributed by atoms with Crippen LogP contribution in [-0.4, -0.2) is 45.6 Å². The SMILES string of the molecule is CC(=O)O[C@H]1C[C@@]2(C)[C@H](C[C@@H](O)[C@@H]3[C@@]4(C)CC[C@@H](O)[C@@H](C)C4CC[C@@]32C)/C1=C(/CCC=C(C)C)C(=O)O. The number of carboxylic acid groups (broad SMARTS) is 1. The van der Waals surface area contributed by atoms with Crippen LogP contribution in [0.5, 0.6) is 0 Å². The molecule has 6 nitrogen and oxygen atoms in total. The molecule has 0 aromatic heterocycles. The van der Waals surface area contributed by atoms with E-state index in [-0.39, 0.29) is 40.1 Å². The van der Waals surface area contributed by atoms with Gasteiger partial charge in [0.25, 0.3) is 0 Å². The minimum Gasteiger partial charge on any atom is -0.478 e. The van der Waals surface area contributed by atoms with Gasteiger partial charge in [0.05, 0.1) is 12.2 Å². The van der Waals surface area contributed by atoms with E-state index in [1.54, 1.807) is 0 Å². The van der Waals surface area contributed by atoms with Crippen LogP contribution in [0.1, 0.15) is 99.8 Å². The van der Waals surface area contributed by atoms with Gasteiger partial charge in [0.2, 0.25) is 0 Å². The molecule has 1 unspecified atom stereocenters. The highest BCUT2D eigenvalue weighted by molar-refractivity contribution is 5.88. The molecule has 10 atom stereocenters. The Morgan fingerprint density at radius 2 is 1.70 bits per heavy atom. The number of esters is 1. The van der Waals surface area contributed by atoms with Crippen molar-refractivity contribution in [2.45, 2.75) is 118 Å². The monoisotopic (exact) mass is 516 g/mol. The molecule has 0 spiro atoms. The lowest BCUT2D eigenvalue weighted by atomic mass is 9.36. The quantitative estimate of drug-likeness (QED) is 0.247. The number of carboxylic acids is 1. The van der Waals surface area contributed by atoms with Crippen molar-refractivity contribution in [1.82, 2.24) is 0 Å². The summed E-state index contributed by atoms with van der Waals surface area (Å²) in [4.78, 5) is 24.8. The predicted molar refractivity (Wildman–Crippen MR) is 143 cm³/mol. The van der Waals surface area contributed by atoms with E-state index in [0.717, 1.165) is 36.8 Å². The van der Waals surface area contributed by atoms with Crippen LogP contribution in [0.25, 0.3) is 0 Å². The molecule has 3 N–H and O–H groups in total. The van der Waals surface area contributed by atoms with Crippen molar-refractivity contribution < 1.29 is 29.6 Å². The van der Waals surface area contributed by atoms with Gasteiger partial charge in [-0.15, -0.1) is 0 Å². The van der Waals surface area contributed by atoms with Crippen LogP contribution < -0.4 is 0 Å². The molecule has 0 amide bonds. The molecular formula is C31H48O6. The third kappa shape index (κ3) is 4.40. The van der Waals surface area contributed by atoms with Crippen molar-refractivity contribution in [1.29, 1.82) is 0 Å². The van der Waals surface area contributed by atoms with Gasteiger partial charge < -0.3 is 20.1 Å². The highest BCUT2D eigenvalue weighted by Gasteiger charge is 2.70. The summed E-state index contributed by atoms with van der Waals surface area (Å²) in [5.74, 6) is -0.909. The molecule has 0 aliphatic heterocycles. The van der Waals surface area contributed by atoms with E-state index >= 15 is 0 Å². The van der Waals surface area contributed by atoms with E-state index in [1.807, 2.05) is 19.9 Å². The van der Waals surface area contributed by atoms with E-state index in [0.29, 0.717) is 37.2 Å². The number of aliphatic hydroxyl groups is 2. The minimum absolute atomic E-state index is 0.0474. The van der Waals surface area contributed by atoms with E-state index in [4.69, 9.17) is 4.74 Å². The largest absolute Gasteiger partial charge is 0.478 e. The molecule has 37 heavy (non-hydrogen) atoms. The number of ether oxygens (including phenoxy) is 1. The van der Waals surface area contributed by atoms with Crippen LogP contribution >= 0.6 is 0 Å². The lowest BCUT2D eigenvalue weighted by Crippen LogP contribution is -2.65. The van der Waals surface area contributed by atoms with Crippen LogP contribution in [0.4, 0.5) is 0 Å². The summed E-state index contributed by atoms with van der Waals surface area (Å²) in [7, 11) is 0. The highest BCUT2D eigenvalue weighted by Crippen LogP contribution is 2.74. The number of aliphatic hydroxyl groups excluding tert-OH is 2. The van der Waals surface area contributed by atoms with Crippen molar-refractivity contribution in [3.8, 4) is 0 Å². The Morgan fingerprint density at radius 1 is 1.03 bits per heavy atom. The van der Waals surface area contributed by atoms with Gasteiger partial charge in [0.15, 0.2) is 0 Å². The molecule has 0 heterocycles. The van der Waals surface area contributed by atoms with Crippen LogP contribution in [-0.2, 0) is 14.3 Å². The van der Waals surface area contributed by atoms with Crippen LogP contribution in [0, 0.1) is 39.9 Å². The number of allylic oxidation sites excluding steroid dienone is 2. The fraction of sp³-hybridized carbons (Fsp3) is 0.806. The van der Waals surface area contributed by atoms with Gasteiger partial charge >= 0.3 is 11.9 Å². The second-order valence-corrected chi connectivity index (χ2v) is 13.6. The van der Waals surface area contributed by atoms with Gasteiger partial charge in [-0.2, -0.15) is 0 Å². The smallest absolute Gasteiger partial charge is 0.331 e. The Bertz CT molecular complexity index is 994. The molecular weight excluding hydrogens is 468 g/mol. The van der Waals surface area contributed by atoms with E-state index in [9.17, 15) is 24.9 Å². The van der Waals surface area contributed by atoms with Crippen molar-refractivity contribution >= 4 is 11.9 Å². The Kier molecular flexibility index (Phi) is 7.53. The zero-order valence-corrected chi connectivity index (χ0v) is 23.8. The van der Waals surface area contributed by atoms with E-state index in [2.05, 4.69) is 27.7 Å². The number of hydrogen-bond donors (Lipinski definition) is 3. The lowest BCUT2D eigenvalue weighted by Gasteiger charge is -2.69. The number of rotatable bonds is 5. The Morgan fingerprint density at radius 3 is 2.30 bits per heavy atom. The van der Waals surface area contributed by atoms with Gasteiger partial charge in [0, 0.05) is 12.5 Å². The average molecular weight is 517 g/mol. The molecule has 0 saturated heterocycles. The summed E-state index contributed by atoms with van der Waals surface area (Å²) >= 11 is 0. The molecule has 6 heteroatoms. The normalized spacial score (nSPS) is 46.2. The fourth-order valence-electron chi connectivity index (χ4n) is 9.79. The standard InChI is InChI=1S/C31H48O6/c1-17(2)9-8-10-20(28(35)36)26-22-15-24(34)27-29(5)13-12-23(33)18(3)21(29)11-14-30(27,6)31(22,7)16-25(26)37-19(4)32/h9,18,21-25,27,33-34H,8,10-16H2,1-7H3,(H,35,36)/b26-20+/t18-,21?,22+,23+,24+,25-,27+,29-,30-,31-/m0/s1. The number of fused-ring (bicyclic) bond motifs is 5. The maximum absolute atomic E-state index is 12.6. The summed E-state index contributed by atoms with van der Waals surface area (Å²) in [5, 5.41) is 32.9. The van der Waals surface area contributed by atoms with E-state index in [1.165, 1.54) is 6.92 Å². The first kappa shape index (κ1) is 28.4. The van der Waals surface area contributed by atoms with Gasteiger partial charge in [0.1, 0.15) is 6.10 Å². The minimum atomic E-state index is -0.953. The molecule has 0 aromatic carbocycles. The Balaban J connectivity index is 1.82. The topological polar surface area (TPSA) is 104 Å². The summed E-state index contributed by atoms with van der Waals surface area (Å²) < 4.78 is 5.87. The van der Waals surface area contributed by atoms with Crippen molar-refractivity contribution in [2.75, 3.05) is 0 Å². The number of carbonyl (C=O) groups excluding carboxylic acids is 1. The van der Waals surface area contributed by atoms with Crippen molar-refractivity contribution in [3.63, 3.8) is 0 Å². The first-order chi connectivity index (χ1) is 17.2. The van der Waals surface area contributed by atoms with Crippen LogP contribution in [0.15, 0.2) is 22.8 Å². The first-order valence-corrected chi connectivity index (χ1v) is 14.3. The number of carbonyl (C=O) groups is 2. The molecule has 4 fully saturated rings. The maximum Gasteiger partial charge on any atom is 0.331 e. The third-order valence-corrected chi connectivity index (χ3v) is 11.6. The molecule has 0 aromatic rings. The number of aliphatic carboxylic acids is 1. The molecule has 0 bridgehead atoms. The zero-order chi connectivity index (χ0) is 27.5. The van der Waals surface area contributed by atoms with Gasteiger partial charge in [-0.05, 0) is 111 Å². The first-order valence-electron chi connectivity index (χ1n) is 14.3. The summed E-state index contributed by atoms with van der Waals surface area (Å²) in [6.45, 7) is 14.5. The summed E-state index contributed by atoms with van der Waals surface area (Å²) in [5.41, 5.74) is 1.57. The van der Waals surface area contributed by atoms with Crippen molar-refractivity contribution in [2.24, 2.45) is 39.9 Å². The molecule has 4 saturated carbocycles. The average Bonchev–Trinajstić information content (AvgIpc) is 3.05. The lowest BCUT2D eigenvalue weighted by molar-refractivity contribution is -0.234. The van der Waals surface area contributed by atoms with E-state index < -0.39 is 24.1 Å². The molecule has 208 valence electrons. The second-order valence-electron chi connectivity index (χ2n) is 13.6. The second kappa shape index (κ2) is 9.82. The van der Waals surface area contributed by atoms with Gasteiger partial charge in [-0.25, -0.2) is 4.79 Å². The molecule has 4 rings (SSSR count). The predicted octanol–water partition coefficient (Wildman–Crippen LogP) is 5.67. The molecule has 0 radical (unpaired) electrons. The maximum atomic E-state index is 12.6. The van der Waals surface area contributed by atoms with Crippen LogP contribution in [0.3, 0.4) is 0 Å². The van der Waals surface area contributed by atoms with Gasteiger partial charge in [-0.1, -0.05) is 39.3 Å². The Labute approximate surface area is 222 Å². The van der Waals surface area contributed by atoms with Gasteiger partial charge in [-0.3, -0.25) is 4.79 Å². The highest BCUT2D eigenvalue weighted by atomic mass is 16.5. The Hall–Kier alpha value is -1.66. The fourth-order valence-corrected chi connectivity index (χ4v) is 9.79. The molecule has 4 aliphatic rings. The van der Waals surface area contributed by atoms with Crippen molar-refractivity contribution in [3.05, 3.63) is 22.8 Å². The van der Waals surface area contributed by atoms with Crippen LogP contribution in [0.2, 0.25) is 0 Å².